The summed E-state index contributed by atoms with van der Waals surface area (Å²) in [7, 11) is 1.74. The quantitative estimate of drug-likeness (QED) is 0.669. The van der Waals surface area contributed by atoms with Gasteiger partial charge < -0.3 is 14.8 Å². The second-order valence-electron chi connectivity index (χ2n) is 4.11. The van der Waals surface area contributed by atoms with Crippen LogP contribution in [0.25, 0.3) is 0 Å². The molecule has 0 saturated heterocycles. The minimum atomic E-state index is 0.716. The third-order valence-corrected chi connectivity index (χ3v) is 2.49. The number of unbranched alkanes of at least 4 members (excludes halogenated alkanes) is 1. The fraction of sp³-hybridized carbons (Fsp3) is 0.571. The summed E-state index contributed by atoms with van der Waals surface area (Å²) in [6, 6.07) is 8.13. The van der Waals surface area contributed by atoms with Crippen molar-refractivity contribution in [1.29, 1.82) is 0 Å². The van der Waals surface area contributed by atoms with Crippen LogP contribution in [0.3, 0.4) is 0 Å². The average Bonchev–Trinajstić information content (AvgIpc) is 2.33. The van der Waals surface area contributed by atoms with Crippen LogP contribution in [0.1, 0.15) is 18.4 Å². The molecule has 96 valence electrons. The smallest absolute Gasteiger partial charge is 0.119 e. The summed E-state index contributed by atoms with van der Waals surface area (Å²) in [4.78, 5) is 0. The van der Waals surface area contributed by atoms with Crippen LogP contribution in [0.15, 0.2) is 24.3 Å². The van der Waals surface area contributed by atoms with Crippen LogP contribution in [0.4, 0.5) is 0 Å². The van der Waals surface area contributed by atoms with Crippen molar-refractivity contribution in [2.75, 3.05) is 33.4 Å². The first kappa shape index (κ1) is 14.0. The van der Waals surface area contributed by atoms with Gasteiger partial charge in [0.25, 0.3) is 0 Å². The van der Waals surface area contributed by atoms with Crippen LogP contribution in [-0.4, -0.2) is 33.4 Å². The third kappa shape index (κ3) is 6.97. The molecule has 1 aromatic rings. The molecule has 0 aromatic heterocycles. The monoisotopic (exact) mass is 237 g/mol. The molecular weight excluding hydrogens is 214 g/mol. The topological polar surface area (TPSA) is 30.5 Å². The largest absolute Gasteiger partial charge is 0.492 e. The van der Waals surface area contributed by atoms with E-state index in [0.717, 1.165) is 38.3 Å². The standard InChI is InChI=1S/C14H23NO2/c1-13-6-5-7-14(12-13)17-11-9-15-8-3-4-10-16-2/h5-7,12,15H,3-4,8-11H2,1-2H3. The van der Waals surface area contributed by atoms with Gasteiger partial charge in [-0.05, 0) is 44.0 Å². The van der Waals surface area contributed by atoms with Gasteiger partial charge >= 0.3 is 0 Å². The molecule has 0 fully saturated rings. The van der Waals surface area contributed by atoms with E-state index in [1.54, 1.807) is 7.11 Å². The number of hydrogen-bond acceptors (Lipinski definition) is 3. The summed E-state index contributed by atoms with van der Waals surface area (Å²) >= 11 is 0. The Labute approximate surface area is 104 Å². The molecule has 0 aliphatic heterocycles. The number of rotatable bonds is 9. The van der Waals surface area contributed by atoms with Gasteiger partial charge in [0.15, 0.2) is 0 Å². The second-order valence-corrected chi connectivity index (χ2v) is 4.11. The predicted octanol–water partition coefficient (Wildman–Crippen LogP) is 2.39. The number of benzene rings is 1. The average molecular weight is 237 g/mol. The van der Waals surface area contributed by atoms with Gasteiger partial charge in [0.05, 0.1) is 0 Å². The maximum Gasteiger partial charge on any atom is 0.119 e. The molecule has 0 spiro atoms. The molecular formula is C14H23NO2. The van der Waals surface area contributed by atoms with Crippen LogP contribution >= 0.6 is 0 Å². The van der Waals surface area contributed by atoms with E-state index in [1.165, 1.54) is 5.56 Å². The van der Waals surface area contributed by atoms with Crippen molar-refractivity contribution in [3.63, 3.8) is 0 Å². The number of nitrogens with one attached hydrogen (secondary N) is 1. The van der Waals surface area contributed by atoms with Gasteiger partial charge in [-0.1, -0.05) is 12.1 Å². The maximum absolute atomic E-state index is 5.63. The van der Waals surface area contributed by atoms with Gasteiger partial charge in [-0.2, -0.15) is 0 Å². The van der Waals surface area contributed by atoms with Crippen molar-refractivity contribution >= 4 is 0 Å². The van der Waals surface area contributed by atoms with Crippen molar-refractivity contribution in [3.8, 4) is 5.75 Å². The number of methoxy groups -OCH3 is 1. The molecule has 3 heteroatoms. The first-order valence-electron chi connectivity index (χ1n) is 6.22. The van der Waals surface area contributed by atoms with Crippen molar-refractivity contribution < 1.29 is 9.47 Å². The molecule has 3 nitrogen and oxygen atoms in total. The van der Waals surface area contributed by atoms with Crippen molar-refractivity contribution in [1.82, 2.24) is 5.32 Å². The van der Waals surface area contributed by atoms with E-state index >= 15 is 0 Å². The Morgan fingerprint density at radius 3 is 2.76 bits per heavy atom. The van der Waals surface area contributed by atoms with E-state index in [9.17, 15) is 0 Å². The van der Waals surface area contributed by atoms with Crippen LogP contribution in [-0.2, 0) is 4.74 Å². The fourth-order valence-corrected chi connectivity index (χ4v) is 1.57. The van der Waals surface area contributed by atoms with Gasteiger partial charge in [-0.25, -0.2) is 0 Å². The van der Waals surface area contributed by atoms with Crippen LogP contribution in [0, 0.1) is 6.92 Å². The molecule has 1 aromatic carbocycles. The molecule has 0 aliphatic carbocycles. The van der Waals surface area contributed by atoms with Gasteiger partial charge in [-0.15, -0.1) is 0 Å². The Morgan fingerprint density at radius 1 is 1.12 bits per heavy atom. The van der Waals surface area contributed by atoms with Crippen LogP contribution in [0.2, 0.25) is 0 Å². The Morgan fingerprint density at radius 2 is 2.00 bits per heavy atom. The molecule has 1 N–H and O–H groups in total. The maximum atomic E-state index is 5.63. The number of ether oxygens (including phenoxy) is 2. The van der Waals surface area contributed by atoms with Crippen LogP contribution in [0.5, 0.6) is 5.75 Å². The summed E-state index contributed by atoms with van der Waals surface area (Å²) in [6.45, 7) is 5.55. The summed E-state index contributed by atoms with van der Waals surface area (Å²) in [6.07, 6.45) is 2.26. The van der Waals surface area contributed by atoms with Crippen LogP contribution < -0.4 is 10.1 Å². The van der Waals surface area contributed by atoms with E-state index in [1.807, 2.05) is 12.1 Å². The van der Waals surface area contributed by atoms with E-state index in [0.29, 0.717) is 6.61 Å². The lowest BCUT2D eigenvalue weighted by Gasteiger charge is -2.08. The highest BCUT2D eigenvalue weighted by atomic mass is 16.5. The predicted molar refractivity (Wildman–Crippen MR) is 70.7 cm³/mol. The minimum Gasteiger partial charge on any atom is -0.492 e. The second kappa shape index (κ2) is 9.02. The molecule has 0 atom stereocenters. The summed E-state index contributed by atoms with van der Waals surface area (Å²) in [5.41, 5.74) is 1.23. The molecule has 0 radical (unpaired) electrons. The minimum absolute atomic E-state index is 0.716. The van der Waals surface area contributed by atoms with Crippen molar-refractivity contribution in [2.45, 2.75) is 19.8 Å². The number of hydrogen-bond donors (Lipinski definition) is 1. The normalized spacial score (nSPS) is 10.5. The first-order chi connectivity index (χ1) is 8.33. The highest BCUT2D eigenvalue weighted by molar-refractivity contribution is 5.27. The fourth-order valence-electron chi connectivity index (χ4n) is 1.57. The first-order valence-corrected chi connectivity index (χ1v) is 6.22. The zero-order chi connectivity index (χ0) is 12.3. The number of aryl methyl sites for hydroxylation is 1. The molecule has 0 saturated carbocycles. The van der Waals surface area contributed by atoms with E-state index in [2.05, 4.69) is 24.4 Å². The Bertz CT molecular complexity index is 302. The van der Waals surface area contributed by atoms with Gasteiger partial charge in [0.2, 0.25) is 0 Å². The van der Waals surface area contributed by atoms with Crippen molar-refractivity contribution in [2.24, 2.45) is 0 Å². The lowest BCUT2D eigenvalue weighted by Crippen LogP contribution is -2.22. The zero-order valence-electron chi connectivity index (χ0n) is 10.9. The molecule has 0 bridgehead atoms. The van der Waals surface area contributed by atoms with Gasteiger partial charge in [0, 0.05) is 20.3 Å². The molecule has 1 rings (SSSR count). The third-order valence-electron chi connectivity index (χ3n) is 2.49. The Hall–Kier alpha value is -1.06. The highest BCUT2D eigenvalue weighted by Gasteiger charge is 1.93. The van der Waals surface area contributed by atoms with Gasteiger partial charge in [0.1, 0.15) is 12.4 Å². The van der Waals surface area contributed by atoms with E-state index < -0.39 is 0 Å². The SMILES string of the molecule is COCCCCNCCOc1cccc(C)c1. The summed E-state index contributed by atoms with van der Waals surface area (Å²) < 4.78 is 10.6. The summed E-state index contributed by atoms with van der Waals surface area (Å²) in [5.74, 6) is 0.950. The van der Waals surface area contributed by atoms with Crippen molar-refractivity contribution in [3.05, 3.63) is 29.8 Å². The molecule has 17 heavy (non-hydrogen) atoms. The zero-order valence-corrected chi connectivity index (χ0v) is 10.9. The molecule has 0 unspecified atom stereocenters. The molecule has 0 amide bonds. The molecule has 0 aliphatic rings. The Balaban J connectivity index is 1.97. The lowest BCUT2D eigenvalue weighted by atomic mass is 10.2. The highest BCUT2D eigenvalue weighted by Crippen LogP contribution is 2.11. The lowest BCUT2D eigenvalue weighted by molar-refractivity contribution is 0.192. The van der Waals surface area contributed by atoms with E-state index in [-0.39, 0.29) is 0 Å². The Kier molecular flexibility index (Phi) is 7.43. The molecule has 0 heterocycles. The summed E-state index contributed by atoms with van der Waals surface area (Å²) in [5, 5.41) is 3.35. The van der Waals surface area contributed by atoms with E-state index in [4.69, 9.17) is 9.47 Å². The van der Waals surface area contributed by atoms with Gasteiger partial charge in [-0.3, -0.25) is 0 Å².